The highest BCUT2D eigenvalue weighted by Crippen LogP contribution is 2.21. The minimum Gasteiger partial charge on any atom is -0.244 e. The van der Waals surface area contributed by atoms with Crippen molar-refractivity contribution < 1.29 is 0 Å². The van der Waals surface area contributed by atoms with Gasteiger partial charge in [0.1, 0.15) is 6.33 Å². The number of rotatable bonds is 2. The molecule has 0 aliphatic heterocycles. The summed E-state index contributed by atoms with van der Waals surface area (Å²) in [6.45, 7) is 0. The van der Waals surface area contributed by atoms with Gasteiger partial charge in [-0.3, -0.25) is 0 Å². The summed E-state index contributed by atoms with van der Waals surface area (Å²) in [5, 5.41) is 8.71. The fourth-order valence-corrected chi connectivity index (χ4v) is 1.48. The van der Waals surface area contributed by atoms with Crippen molar-refractivity contribution in [3.63, 3.8) is 0 Å². The van der Waals surface area contributed by atoms with E-state index >= 15 is 0 Å². The summed E-state index contributed by atoms with van der Waals surface area (Å²) < 4.78 is 0. The summed E-state index contributed by atoms with van der Waals surface area (Å²) in [6, 6.07) is 9.96. The van der Waals surface area contributed by atoms with Gasteiger partial charge in [-0.1, -0.05) is 24.3 Å². The number of benzene rings is 1. The first kappa shape index (κ1) is 9.35. The molecule has 1 heterocycles. The molecule has 1 aromatic carbocycles. The van der Waals surface area contributed by atoms with Crippen LogP contribution >= 0.6 is 0 Å². The van der Waals surface area contributed by atoms with Crippen molar-refractivity contribution in [2.75, 3.05) is 0 Å². The van der Waals surface area contributed by atoms with E-state index in [1.807, 2.05) is 24.3 Å². The maximum atomic E-state index is 8.71. The smallest absolute Gasteiger partial charge is 0.115 e. The zero-order valence-corrected chi connectivity index (χ0v) is 8.09. The highest BCUT2D eigenvalue weighted by Gasteiger charge is 2.03. The third-order valence-electron chi connectivity index (χ3n) is 2.16. The molecule has 0 N–H and O–H groups in total. The van der Waals surface area contributed by atoms with Crippen molar-refractivity contribution in [1.82, 2.24) is 9.97 Å². The molecule has 0 unspecified atom stereocenters. The molecule has 0 aliphatic carbocycles. The SMILES string of the molecule is N#CCc1ccccc1-c1cncnc1. The molecule has 0 aliphatic rings. The summed E-state index contributed by atoms with van der Waals surface area (Å²) in [5.74, 6) is 0. The average molecular weight is 195 g/mol. The Morgan fingerprint density at radius 3 is 2.60 bits per heavy atom. The molecule has 0 saturated carbocycles. The van der Waals surface area contributed by atoms with Gasteiger partial charge >= 0.3 is 0 Å². The first-order valence-corrected chi connectivity index (χ1v) is 4.62. The van der Waals surface area contributed by atoms with Crippen LogP contribution in [0.3, 0.4) is 0 Å². The molecule has 2 rings (SSSR count). The van der Waals surface area contributed by atoms with Gasteiger partial charge in [0, 0.05) is 18.0 Å². The molecule has 0 radical (unpaired) electrons. The predicted molar refractivity (Wildman–Crippen MR) is 56.8 cm³/mol. The van der Waals surface area contributed by atoms with E-state index in [1.165, 1.54) is 6.33 Å². The number of aromatic nitrogens is 2. The molecule has 15 heavy (non-hydrogen) atoms. The molecule has 0 bridgehead atoms. The van der Waals surface area contributed by atoms with Crippen LogP contribution in [0, 0.1) is 11.3 Å². The first-order chi connectivity index (χ1) is 7.42. The number of nitrogens with zero attached hydrogens (tertiary/aromatic N) is 3. The largest absolute Gasteiger partial charge is 0.244 e. The molecule has 0 fully saturated rings. The molecule has 0 spiro atoms. The highest BCUT2D eigenvalue weighted by molar-refractivity contribution is 5.65. The van der Waals surface area contributed by atoms with E-state index in [0.717, 1.165) is 16.7 Å². The van der Waals surface area contributed by atoms with Gasteiger partial charge in [-0.2, -0.15) is 5.26 Å². The maximum absolute atomic E-state index is 8.71. The van der Waals surface area contributed by atoms with E-state index in [-0.39, 0.29) is 0 Å². The summed E-state index contributed by atoms with van der Waals surface area (Å²) in [4.78, 5) is 7.94. The van der Waals surface area contributed by atoms with E-state index in [9.17, 15) is 0 Å². The Hall–Kier alpha value is -2.21. The molecule has 0 saturated heterocycles. The Kier molecular flexibility index (Phi) is 2.70. The Balaban J connectivity index is 2.49. The standard InChI is InChI=1S/C12H9N3/c13-6-5-10-3-1-2-4-12(10)11-7-14-9-15-8-11/h1-4,7-9H,5H2. The molecule has 3 heteroatoms. The van der Waals surface area contributed by atoms with Gasteiger partial charge in [0.25, 0.3) is 0 Å². The molecule has 72 valence electrons. The number of nitriles is 1. The second-order valence-electron chi connectivity index (χ2n) is 3.12. The number of hydrogen-bond acceptors (Lipinski definition) is 3. The van der Waals surface area contributed by atoms with Crippen molar-refractivity contribution >= 4 is 0 Å². The van der Waals surface area contributed by atoms with Crippen LogP contribution in [-0.4, -0.2) is 9.97 Å². The van der Waals surface area contributed by atoms with Crippen LogP contribution in [0.4, 0.5) is 0 Å². The second-order valence-corrected chi connectivity index (χ2v) is 3.12. The fourth-order valence-electron chi connectivity index (χ4n) is 1.48. The van der Waals surface area contributed by atoms with Crippen molar-refractivity contribution in [3.8, 4) is 17.2 Å². The molecule has 2 aromatic rings. The van der Waals surface area contributed by atoms with Crippen molar-refractivity contribution in [1.29, 1.82) is 5.26 Å². The van der Waals surface area contributed by atoms with Gasteiger partial charge < -0.3 is 0 Å². The molecule has 1 aromatic heterocycles. The van der Waals surface area contributed by atoms with E-state index in [0.29, 0.717) is 6.42 Å². The van der Waals surface area contributed by atoms with Crippen molar-refractivity contribution in [2.24, 2.45) is 0 Å². The lowest BCUT2D eigenvalue weighted by Crippen LogP contribution is -1.89. The van der Waals surface area contributed by atoms with Crippen LogP contribution in [0.25, 0.3) is 11.1 Å². The summed E-state index contributed by atoms with van der Waals surface area (Å²) >= 11 is 0. The predicted octanol–water partition coefficient (Wildman–Crippen LogP) is 2.21. The van der Waals surface area contributed by atoms with E-state index < -0.39 is 0 Å². The Morgan fingerprint density at radius 2 is 1.87 bits per heavy atom. The first-order valence-electron chi connectivity index (χ1n) is 4.62. The normalized spacial score (nSPS) is 9.53. The van der Waals surface area contributed by atoms with Gasteiger partial charge in [0.2, 0.25) is 0 Å². The van der Waals surface area contributed by atoms with Crippen LogP contribution in [0.1, 0.15) is 5.56 Å². The van der Waals surface area contributed by atoms with Crippen LogP contribution in [-0.2, 0) is 6.42 Å². The van der Waals surface area contributed by atoms with Gasteiger partial charge in [-0.15, -0.1) is 0 Å². The van der Waals surface area contributed by atoms with Gasteiger partial charge in [0.05, 0.1) is 12.5 Å². The minimum atomic E-state index is 0.408. The van der Waals surface area contributed by atoms with Crippen molar-refractivity contribution in [3.05, 3.63) is 48.5 Å². The van der Waals surface area contributed by atoms with E-state index in [2.05, 4.69) is 16.0 Å². The van der Waals surface area contributed by atoms with Crippen molar-refractivity contribution in [2.45, 2.75) is 6.42 Å². The third kappa shape index (κ3) is 2.00. The fraction of sp³-hybridized carbons (Fsp3) is 0.0833. The highest BCUT2D eigenvalue weighted by atomic mass is 14.8. The molecule has 3 nitrogen and oxygen atoms in total. The second kappa shape index (κ2) is 4.34. The summed E-state index contributed by atoms with van der Waals surface area (Å²) in [5.41, 5.74) is 2.98. The van der Waals surface area contributed by atoms with E-state index in [4.69, 9.17) is 5.26 Å². The van der Waals surface area contributed by atoms with Gasteiger partial charge in [0.15, 0.2) is 0 Å². The Labute approximate surface area is 88.1 Å². The average Bonchev–Trinajstić information content (AvgIpc) is 2.31. The van der Waals surface area contributed by atoms with Crippen LogP contribution < -0.4 is 0 Å². The molecule has 0 atom stereocenters. The Bertz CT molecular complexity index is 486. The lowest BCUT2D eigenvalue weighted by atomic mass is 10.0. The van der Waals surface area contributed by atoms with Crippen LogP contribution in [0.15, 0.2) is 43.0 Å². The minimum absolute atomic E-state index is 0.408. The van der Waals surface area contributed by atoms with Crippen LogP contribution in [0.5, 0.6) is 0 Å². The van der Waals surface area contributed by atoms with Gasteiger partial charge in [-0.05, 0) is 11.1 Å². The summed E-state index contributed by atoms with van der Waals surface area (Å²) in [6.07, 6.45) is 5.41. The molecular weight excluding hydrogens is 186 g/mol. The third-order valence-corrected chi connectivity index (χ3v) is 2.16. The quantitative estimate of drug-likeness (QED) is 0.738. The maximum Gasteiger partial charge on any atom is 0.115 e. The van der Waals surface area contributed by atoms with E-state index in [1.54, 1.807) is 12.4 Å². The summed E-state index contributed by atoms with van der Waals surface area (Å²) in [7, 11) is 0. The lowest BCUT2D eigenvalue weighted by molar-refractivity contribution is 1.16. The monoisotopic (exact) mass is 195 g/mol. The van der Waals surface area contributed by atoms with Gasteiger partial charge in [-0.25, -0.2) is 9.97 Å². The Morgan fingerprint density at radius 1 is 1.13 bits per heavy atom. The zero-order chi connectivity index (χ0) is 10.5. The molecule has 0 amide bonds. The zero-order valence-electron chi connectivity index (χ0n) is 8.09. The van der Waals surface area contributed by atoms with Crippen LogP contribution in [0.2, 0.25) is 0 Å². The molecular formula is C12H9N3. The number of hydrogen-bond donors (Lipinski definition) is 0. The lowest BCUT2D eigenvalue weighted by Gasteiger charge is -2.04. The topological polar surface area (TPSA) is 49.6 Å².